The quantitative estimate of drug-likeness (QED) is 0.373. The Morgan fingerprint density at radius 3 is 2.70 bits per heavy atom. The first-order chi connectivity index (χ1) is 9.76. The number of nitrogens with two attached hydrogens (primary N) is 1. The lowest BCUT2D eigenvalue weighted by Gasteiger charge is -2.24. The highest BCUT2D eigenvalue weighted by Crippen LogP contribution is 2.19. The zero-order valence-corrected chi connectivity index (χ0v) is 11.3. The number of nitrogens with zero attached hydrogens (tertiary/aromatic N) is 4. The molecule has 2 aromatic heterocycles. The number of hydrogen-bond acceptors (Lipinski definition) is 5. The summed E-state index contributed by atoms with van der Waals surface area (Å²) in [6.45, 7) is 3.43. The number of hydrogen-bond donors (Lipinski definition) is 2. The molecule has 0 amide bonds. The van der Waals surface area contributed by atoms with Gasteiger partial charge in [0.1, 0.15) is 5.69 Å². The van der Waals surface area contributed by atoms with Crippen LogP contribution in [0.3, 0.4) is 0 Å². The molecule has 0 aliphatic rings. The van der Waals surface area contributed by atoms with Crippen molar-refractivity contribution in [3.63, 3.8) is 0 Å². The van der Waals surface area contributed by atoms with Gasteiger partial charge in [-0.15, -0.1) is 0 Å². The predicted octanol–water partition coefficient (Wildman–Crippen LogP) is 1.60. The molecule has 6 nitrogen and oxygen atoms in total. The molecule has 0 fully saturated rings. The smallest absolute Gasteiger partial charge is 0.190 e. The van der Waals surface area contributed by atoms with Gasteiger partial charge < -0.3 is 15.8 Å². The van der Waals surface area contributed by atoms with Crippen LogP contribution >= 0.6 is 0 Å². The van der Waals surface area contributed by atoms with E-state index in [0.717, 1.165) is 17.9 Å². The molecule has 0 spiro atoms. The fourth-order valence-electron chi connectivity index (χ4n) is 1.95. The standard InChI is InChI=1S/C14H17N5O/c1-2-19(10-11-6-3-4-8-16-11)12-7-5-9-17-13(12)14(15)18-20/h3-9,20H,2,10H2,1H3,(H2,15,18). The SMILES string of the molecule is CCN(Cc1ccccn1)c1cccnc1/C(N)=N/O. The summed E-state index contributed by atoms with van der Waals surface area (Å²) in [5, 5.41) is 11.9. The van der Waals surface area contributed by atoms with Gasteiger partial charge in [-0.25, -0.2) is 0 Å². The van der Waals surface area contributed by atoms with E-state index in [9.17, 15) is 0 Å². The molecule has 0 bridgehead atoms. The van der Waals surface area contributed by atoms with Crippen LogP contribution in [0.5, 0.6) is 0 Å². The zero-order chi connectivity index (χ0) is 14.4. The number of anilines is 1. The van der Waals surface area contributed by atoms with E-state index < -0.39 is 0 Å². The first kappa shape index (κ1) is 13.8. The van der Waals surface area contributed by atoms with E-state index in [4.69, 9.17) is 10.9 Å². The number of pyridine rings is 2. The van der Waals surface area contributed by atoms with Crippen LogP contribution in [0.2, 0.25) is 0 Å². The largest absolute Gasteiger partial charge is 0.409 e. The van der Waals surface area contributed by atoms with Gasteiger partial charge in [0.25, 0.3) is 0 Å². The van der Waals surface area contributed by atoms with E-state index >= 15 is 0 Å². The van der Waals surface area contributed by atoms with Crippen molar-refractivity contribution in [3.8, 4) is 0 Å². The molecular weight excluding hydrogens is 254 g/mol. The minimum Gasteiger partial charge on any atom is -0.409 e. The molecule has 0 aliphatic heterocycles. The van der Waals surface area contributed by atoms with Crippen LogP contribution in [0.25, 0.3) is 0 Å². The molecule has 0 radical (unpaired) electrons. The topological polar surface area (TPSA) is 87.6 Å². The first-order valence-corrected chi connectivity index (χ1v) is 6.34. The van der Waals surface area contributed by atoms with E-state index in [0.29, 0.717) is 12.2 Å². The van der Waals surface area contributed by atoms with Gasteiger partial charge >= 0.3 is 0 Å². The normalized spacial score (nSPS) is 11.3. The lowest BCUT2D eigenvalue weighted by molar-refractivity contribution is 0.318. The average molecular weight is 271 g/mol. The van der Waals surface area contributed by atoms with Gasteiger partial charge in [0.05, 0.1) is 17.9 Å². The van der Waals surface area contributed by atoms with Crippen molar-refractivity contribution in [2.45, 2.75) is 13.5 Å². The highest BCUT2D eigenvalue weighted by molar-refractivity contribution is 6.00. The number of rotatable bonds is 5. The van der Waals surface area contributed by atoms with Crippen molar-refractivity contribution in [2.24, 2.45) is 10.9 Å². The Morgan fingerprint density at radius 2 is 2.05 bits per heavy atom. The van der Waals surface area contributed by atoms with E-state index in [1.807, 2.05) is 37.3 Å². The van der Waals surface area contributed by atoms with Crippen molar-refractivity contribution in [3.05, 3.63) is 54.1 Å². The van der Waals surface area contributed by atoms with Crippen LogP contribution < -0.4 is 10.6 Å². The number of amidine groups is 1. The van der Waals surface area contributed by atoms with Gasteiger partial charge in [-0.3, -0.25) is 9.97 Å². The Morgan fingerprint density at radius 1 is 1.25 bits per heavy atom. The minimum absolute atomic E-state index is 0.0000656. The summed E-state index contributed by atoms with van der Waals surface area (Å²) < 4.78 is 0. The van der Waals surface area contributed by atoms with Gasteiger partial charge in [-0.2, -0.15) is 0 Å². The molecule has 0 atom stereocenters. The Labute approximate surface area is 117 Å². The zero-order valence-electron chi connectivity index (χ0n) is 11.3. The van der Waals surface area contributed by atoms with Crippen LogP contribution in [0.4, 0.5) is 5.69 Å². The van der Waals surface area contributed by atoms with Gasteiger partial charge in [0, 0.05) is 18.9 Å². The lowest BCUT2D eigenvalue weighted by Crippen LogP contribution is -2.27. The van der Waals surface area contributed by atoms with Crippen LogP contribution in [0.1, 0.15) is 18.3 Å². The lowest BCUT2D eigenvalue weighted by atomic mass is 10.2. The van der Waals surface area contributed by atoms with Crippen molar-refractivity contribution < 1.29 is 5.21 Å². The average Bonchev–Trinajstić information content (AvgIpc) is 2.53. The van der Waals surface area contributed by atoms with E-state index in [1.165, 1.54) is 0 Å². The fourth-order valence-corrected chi connectivity index (χ4v) is 1.95. The molecule has 6 heteroatoms. The monoisotopic (exact) mass is 271 g/mol. The van der Waals surface area contributed by atoms with Gasteiger partial charge in [0.2, 0.25) is 0 Å². The predicted molar refractivity (Wildman–Crippen MR) is 77.7 cm³/mol. The summed E-state index contributed by atoms with van der Waals surface area (Å²) >= 11 is 0. The van der Waals surface area contributed by atoms with Crippen LogP contribution in [-0.4, -0.2) is 27.6 Å². The fraction of sp³-hybridized carbons (Fsp3) is 0.214. The molecule has 2 aromatic rings. The Balaban J connectivity index is 2.33. The maximum absolute atomic E-state index is 8.85. The van der Waals surface area contributed by atoms with E-state index in [1.54, 1.807) is 12.4 Å². The Hall–Kier alpha value is -2.63. The second-order valence-corrected chi connectivity index (χ2v) is 4.19. The summed E-state index contributed by atoms with van der Waals surface area (Å²) in [6, 6.07) is 9.51. The van der Waals surface area contributed by atoms with Crippen molar-refractivity contribution in [1.29, 1.82) is 0 Å². The number of oxime groups is 1. The number of aromatic nitrogens is 2. The Kier molecular flexibility index (Phi) is 4.49. The minimum atomic E-state index is 0.0000656. The second-order valence-electron chi connectivity index (χ2n) is 4.19. The summed E-state index contributed by atoms with van der Waals surface area (Å²) in [5.74, 6) is 0.0000656. The molecule has 2 heterocycles. The summed E-state index contributed by atoms with van der Waals surface area (Å²) in [7, 11) is 0. The van der Waals surface area contributed by atoms with E-state index in [-0.39, 0.29) is 5.84 Å². The van der Waals surface area contributed by atoms with E-state index in [2.05, 4.69) is 20.0 Å². The van der Waals surface area contributed by atoms with Crippen LogP contribution in [-0.2, 0) is 6.54 Å². The summed E-state index contributed by atoms with van der Waals surface area (Å²) in [5.41, 5.74) is 7.91. The Bertz CT molecular complexity index is 585. The highest BCUT2D eigenvalue weighted by Gasteiger charge is 2.14. The maximum Gasteiger partial charge on any atom is 0.190 e. The third-order valence-electron chi connectivity index (χ3n) is 2.94. The molecule has 0 saturated heterocycles. The third kappa shape index (κ3) is 3.03. The van der Waals surface area contributed by atoms with Crippen molar-refractivity contribution in [2.75, 3.05) is 11.4 Å². The van der Waals surface area contributed by atoms with Crippen molar-refractivity contribution in [1.82, 2.24) is 9.97 Å². The molecule has 0 unspecified atom stereocenters. The van der Waals surface area contributed by atoms with Crippen LogP contribution in [0, 0.1) is 0 Å². The molecule has 104 valence electrons. The molecule has 0 aromatic carbocycles. The molecule has 3 N–H and O–H groups in total. The molecule has 0 saturated carbocycles. The van der Waals surface area contributed by atoms with Crippen LogP contribution in [0.15, 0.2) is 47.9 Å². The second kappa shape index (κ2) is 6.51. The van der Waals surface area contributed by atoms with Crippen molar-refractivity contribution >= 4 is 11.5 Å². The summed E-state index contributed by atoms with van der Waals surface area (Å²) in [6.07, 6.45) is 3.38. The van der Waals surface area contributed by atoms with Gasteiger partial charge in [0.15, 0.2) is 5.84 Å². The maximum atomic E-state index is 8.85. The third-order valence-corrected chi connectivity index (χ3v) is 2.94. The molecular formula is C14H17N5O. The molecule has 0 aliphatic carbocycles. The van der Waals surface area contributed by atoms with Gasteiger partial charge in [-0.05, 0) is 31.2 Å². The first-order valence-electron chi connectivity index (χ1n) is 6.34. The molecule has 20 heavy (non-hydrogen) atoms. The highest BCUT2D eigenvalue weighted by atomic mass is 16.4. The summed E-state index contributed by atoms with van der Waals surface area (Å²) in [4.78, 5) is 10.6. The molecule has 2 rings (SSSR count). The van der Waals surface area contributed by atoms with Gasteiger partial charge in [-0.1, -0.05) is 11.2 Å².